The Balaban J connectivity index is 3.03. The van der Waals surface area contributed by atoms with Crippen LogP contribution in [0.15, 0.2) is 24.3 Å². The van der Waals surface area contributed by atoms with Crippen LogP contribution < -0.4 is 0 Å². The predicted molar refractivity (Wildman–Crippen MR) is 84.8 cm³/mol. The summed E-state index contributed by atoms with van der Waals surface area (Å²) in [7, 11) is 3.95. The lowest BCUT2D eigenvalue weighted by Crippen LogP contribution is -2.41. The SMILES string of the molecule is CCCN(CCC)C(=O)[C@@H](c1cccc(C)c1)N(C)C. The highest BCUT2D eigenvalue weighted by Crippen LogP contribution is 2.22. The maximum atomic E-state index is 12.9. The first-order chi connectivity index (χ1) is 9.51. The molecule has 112 valence electrons. The fraction of sp³-hybridized carbons (Fsp3) is 0.588. The summed E-state index contributed by atoms with van der Waals surface area (Å²) in [6.07, 6.45) is 2.00. The van der Waals surface area contributed by atoms with Crippen molar-refractivity contribution in [2.45, 2.75) is 39.7 Å². The normalized spacial score (nSPS) is 12.5. The number of nitrogens with zero attached hydrogens (tertiary/aromatic N) is 2. The number of likely N-dealkylation sites (N-methyl/N-ethyl adjacent to an activating group) is 1. The number of benzene rings is 1. The third-order valence-electron chi connectivity index (χ3n) is 3.41. The number of carbonyl (C=O) groups excluding carboxylic acids is 1. The molecule has 0 saturated heterocycles. The molecular formula is C17H28N2O. The molecule has 0 N–H and O–H groups in total. The zero-order chi connectivity index (χ0) is 15.1. The van der Waals surface area contributed by atoms with E-state index in [1.165, 1.54) is 5.56 Å². The lowest BCUT2D eigenvalue weighted by molar-refractivity contribution is -0.136. The molecule has 1 aromatic carbocycles. The van der Waals surface area contributed by atoms with Crippen LogP contribution in [0.1, 0.15) is 43.9 Å². The van der Waals surface area contributed by atoms with Crippen LogP contribution in [0.5, 0.6) is 0 Å². The second-order valence-electron chi connectivity index (χ2n) is 5.61. The second kappa shape index (κ2) is 8.05. The van der Waals surface area contributed by atoms with Gasteiger partial charge in [-0.15, -0.1) is 0 Å². The van der Waals surface area contributed by atoms with Gasteiger partial charge in [0.2, 0.25) is 5.91 Å². The van der Waals surface area contributed by atoms with Crippen molar-refractivity contribution in [3.63, 3.8) is 0 Å². The van der Waals surface area contributed by atoms with Crippen molar-refractivity contribution in [3.05, 3.63) is 35.4 Å². The first kappa shape index (κ1) is 16.7. The number of carbonyl (C=O) groups is 1. The molecule has 0 aliphatic rings. The summed E-state index contributed by atoms with van der Waals surface area (Å²) in [5.41, 5.74) is 2.27. The van der Waals surface area contributed by atoms with Crippen molar-refractivity contribution in [2.75, 3.05) is 27.2 Å². The van der Waals surface area contributed by atoms with Crippen LogP contribution in [-0.4, -0.2) is 42.9 Å². The molecule has 0 fully saturated rings. The highest BCUT2D eigenvalue weighted by molar-refractivity contribution is 5.83. The monoisotopic (exact) mass is 276 g/mol. The van der Waals surface area contributed by atoms with E-state index < -0.39 is 0 Å². The van der Waals surface area contributed by atoms with E-state index in [-0.39, 0.29) is 11.9 Å². The summed E-state index contributed by atoms with van der Waals surface area (Å²) < 4.78 is 0. The van der Waals surface area contributed by atoms with Gasteiger partial charge in [-0.25, -0.2) is 0 Å². The average molecular weight is 276 g/mol. The summed E-state index contributed by atoms with van der Waals surface area (Å²) in [4.78, 5) is 16.9. The summed E-state index contributed by atoms with van der Waals surface area (Å²) >= 11 is 0. The average Bonchev–Trinajstić information content (AvgIpc) is 2.38. The van der Waals surface area contributed by atoms with Gasteiger partial charge in [-0.3, -0.25) is 9.69 Å². The summed E-state index contributed by atoms with van der Waals surface area (Å²) in [5, 5.41) is 0. The molecule has 0 saturated carbocycles. The topological polar surface area (TPSA) is 23.6 Å². The van der Waals surface area contributed by atoms with Gasteiger partial charge in [-0.05, 0) is 39.4 Å². The van der Waals surface area contributed by atoms with Crippen LogP contribution in [0.2, 0.25) is 0 Å². The van der Waals surface area contributed by atoms with Crippen LogP contribution in [-0.2, 0) is 4.79 Å². The van der Waals surface area contributed by atoms with E-state index in [1.807, 2.05) is 36.0 Å². The maximum absolute atomic E-state index is 12.9. The van der Waals surface area contributed by atoms with E-state index in [9.17, 15) is 4.79 Å². The number of rotatable bonds is 7. The van der Waals surface area contributed by atoms with Crippen molar-refractivity contribution < 1.29 is 4.79 Å². The molecule has 0 unspecified atom stereocenters. The zero-order valence-corrected chi connectivity index (χ0v) is 13.5. The van der Waals surface area contributed by atoms with Crippen molar-refractivity contribution in [1.29, 1.82) is 0 Å². The first-order valence-corrected chi connectivity index (χ1v) is 7.53. The molecule has 3 heteroatoms. The summed E-state index contributed by atoms with van der Waals surface area (Å²) in [5.74, 6) is 0.212. The van der Waals surface area contributed by atoms with Gasteiger partial charge >= 0.3 is 0 Å². The Kier molecular flexibility index (Phi) is 6.73. The Morgan fingerprint density at radius 3 is 2.20 bits per heavy atom. The van der Waals surface area contributed by atoms with E-state index in [0.717, 1.165) is 31.5 Å². The van der Waals surface area contributed by atoms with Crippen LogP contribution in [0, 0.1) is 6.92 Å². The molecule has 0 aliphatic heterocycles. The fourth-order valence-corrected chi connectivity index (χ4v) is 2.55. The van der Waals surface area contributed by atoms with Gasteiger partial charge in [0.15, 0.2) is 0 Å². The molecule has 1 aromatic rings. The zero-order valence-electron chi connectivity index (χ0n) is 13.5. The quantitative estimate of drug-likeness (QED) is 0.763. The third kappa shape index (κ3) is 4.34. The van der Waals surface area contributed by atoms with E-state index >= 15 is 0 Å². The third-order valence-corrected chi connectivity index (χ3v) is 3.41. The van der Waals surface area contributed by atoms with E-state index in [0.29, 0.717) is 0 Å². The predicted octanol–water partition coefficient (Wildman–Crippen LogP) is 3.25. The molecule has 0 spiro atoms. The molecule has 0 aliphatic carbocycles. The first-order valence-electron chi connectivity index (χ1n) is 7.53. The summed E-state index contributed by atoms with van der Waals surface area (Å²) in [6, 6.07) is 8.06. The Hall–Kier alpha value is -1.35. The number of hydrogen-bond donors (Lipinski definition) is 0. The van der Waals surface area contributed by atoms with Gasteiger partial charge in [0.25, 0.3) is 0 Å². The van der Waals surface area contributed by atoms with Gasteiger partial charge < -0.3 is 4.90 Å². The highest BCUT2D eigenvalue weighted by atomic mass is 16.2. The van der Waals surface area contributed by atoms with Crippen molar-refractivity contribution in [1.82, 2.24) is 9.80 Å². The van der Waals surface area contributed by atoms with Gasteiger partial charge in [-0.2, -0.15) is 0 Å². The molecule has 0 heterocycles. The molecule has 0 bridgehead atoms. The molecule has 20 heavy (non-hydrogen) atoms. The Labute approximate surface area is 123 Å². The minimum Gasteiger partial charge on any atom is -0.341 e. The van der Waals surface area contributed by atoms with E-state index in [4.69, 9.17) is 0 Å². The fourth-order valence-electron chi connectivity index (χ4n) is 2.55. The van der Waals surface area contributed by atoms with Gasteiger partial charge in [-0.1, -0.05) is 43.7 Å². The molecule has 3 nitrogen and oxygen atoms in total. The Bertz CT molecular complexity index is 423. The number of hydrogen-bond acceptors (Lipinski definition) is 2. The van der Waals surface area contributed by atoms with Gasteiger partial charge in [0.1, 0.15) is 6.04 Å². The molecule has 1 atom stereocenters. The smallest absolute Gasteiger partial charge is 0.244 e. The lowest BCUT2D eigenvalue weighted by Gasteiger charge is -2.31. The van der Waals surface area contributed by atoms with Crippen LogP contribution in [0.25, 0.3) is 0 Å². The largest absolute Gasteiger partial charge is 0.341 e. The van der Waals surface area contributed by atoms with Gasteiger partial charge in [0.05, 0.1) is 0 Å². The van der Waals surface area contributed by atoms with Crippen LogP contribution in [0.4, 0.5) is 0 Å². The van der Waals surface area contributed by atoms with E-state index in [1.54, 1.807) is 0 Å². The maximum Gasteiger partial charge on any atom is 0.244 e. The molecule has 0 radical (unpaired) electrons. The minimum atomic E-state index is -0.187. The second-order valence-corrected chi connectivity index (χ2v) is 5.61. The standard InChI is InChI=1S/C17H28N2O/c1-6-11-19(12-7-2)17(20)16(18(4)5)15-10-8-9-14(3)13-15/h8-10,13,16H,6-7,11-12H2,1-5H3/t16-/m1/s1. The molecule has 1 rings (SSSR count). The molecule has 0 aromatic heterocycles. The van der Waals surface area contributed by atoms with E-state index in [2.05, 4.69) is 32.9 Å². The highest BCUT2D eigenvalue weighted by Gasteiger charge is 2.27. The summed E-state index contributed by atoms with van der Waals surface area (Å²) in [6.45, 7) is 7.97. The van der Waals surface area contributed by atoms with Crippen LogP contribution in [0.3, 0.4) is 0 Å². The Morgan fingerprint density at radius 2 is 1.75 bits per heavy atom. The Morgan fingerprint density at radius 1 is 1.15 bits per heavy atom. The number of amides is 1. The van der Waals surface area contributed by atoms with Crippen LogP contribution >= 0.6 is 0 Å². The van der Waals surface area contributed by atoms with Crippen molar-refractivity contribution in [3.8, 4) is 0 Å². The number of aryl methyl sites for hydroxylation is 1. The van der Waals surface area contributed by atoms with Crippen molar-refractivity contribution in [2.24, 2.45) is 0 Å². The lowest BCUT2D eigenvalue weighted by atomic mass is 10.0. The van der Waals surface area contributed by atoms with Gasteiger partial charge in [0, 0.05) is 13.1 Å². The van der Waals surface area contributed by atoms with Crippen molar-refractivity contribution >= 4 is 5.91 Å². The molecule has 1 amide bonds. The molecular weight excluding hydrogens is 248 g/mol. The minimum absolute atomic E-state index is 0.187.